The van der Waals surface area contributed by atoms with Crippen LogP contribution < -0.4 is 11.1 Å². The van der Waals surface area contributed by atoms with E-state index < -0.39 is 0 Å². The number of nitrogens with one attached hydrogen (secondary N) is 1. The van der Waals surface area contributed by atoms with E-state index >= 15 is 0 Å². The molecule has 92 valence electrons. The van der Waals surface area contributed by atoms with Gasteiger partial charge in [0.2, 0.25) is 5.91 Å². The van der Waals surface area contributed by atoms with Gasteiger partial charge in [0.1, 0.15) is 5.82 Å². The molecule has 0 aliphatic carbocycles. The zero-order valence-electron chi connectivity index (χ0n) is 9.43. The van der Waals surface area contributed by atoms with Gasteiger partial charge < -0.3 is 11.1 Å². The molecule has 0 radical (unpaired) electrons. The number of halogens is 1. The van der Waals surface area contributed by atoms with Crippen molar-refractivity contribution in [2.75, 3.05) is 11.1 Å². The monoisotopic (exact) mass is 306 g/mol. The summed E-state index contributed by atoms with van der Waals surface area (Å²) in [6.07, 6.45) is 3.32. The van der Waals surface area contributed by atoms with Gasteiger partial charge in [-0.15, -0.1) is 0 Å². The molecule has 2 heterocycles. The molecule has 0 aliphatic heterocycles. The largest absolute Gasteiger partial charge is 0.397 e. The standard InChI is InChI=1S/C12H11BrN4O/c13-10-2-1-5-15-12(10)17-11(18)6-9-4-3-8(14)7-16-9/h1-5,7H,6,14H2,(H,15,17,18). The number of aromatic nitrogens is 2. The van der Waals surface area contributed by atoms with Crippen molar-refractivity contribution in [3.05, 3.63) is 46.8 Å². The number of rotatable bonds is 3. The molecule has 0 fully saturated rings. The molecule has 0 bridgehead atoms. The minimum Gasteiger partial charge on any atom is -0.397 e. The van der Waals surface area contributed by atoms with Gasteiger partial charge in [-0.2, -0.15) is 0 Å². The maximum atomic E-state index is 11.8. The van der Waals surface area contributed by atoms with Gasteiger partial charge in [0, 0.05) is 11.9 Å². The quantitative estimate of drug-likeness (QED) is 0.909. The van der Waals surface area contributed by atoms with E-state index in [1.54, 1.807) is 24.4 Å². The molecule has 0 atom stereocenters. The van der Waals surface area contributed by atoms with Crippen molar-refractivity contribution in [2.45, 2.75) is 6.42 Å². The van der Waals surface area contributed by atoms with E-state index in [2.05, 4.69) is 31.2 Å². The van der Waals surface area contributed by atoms with Crippen LogP contribution in [0.2, 0.25) is 0 Å². The number of nitrogen functional groups attached to an aromatic ring is 1. The van der Waals surface area contributed by atoms with Crippen LogP contribution in [0.5, 0.6) is 0 Å². The fraction of sp³-hybridized carbons (Fsp3) is 0.0833. The maximum Gasteiger partial charge on any atom is 0.231 e. The van der Waals surface area contributed by atoms with E-state index in [0.29, 0.717) is 17.2 Å². The molecular formula is C12H11BrN4O. The molecule has 3 N–H and O–H groups in total. The Kier molecular flexibility index (Phi) is 3.88. The van der Waals surface area contributed by atoms with Crippen molar-refractivity contribution < 1.29 is 4.79 Å². The minimum atomic E-state index is -0.174. The van der Waals surface area contributed by atoms with E-state index in [4.69, 9.17) is 5.73 Å². The maximum absolute atomic E-state index is 11.8. The summed E-state index contributed by atoms with van der Waals surface area (Å²) < 4.78 is 0.739. The molecule has 2 aromatic heterocycles. The van der Waals surface area contributed by atoms with Crippen molar-refractivity contribution in [1.29, 1.82) is 0 Å². The highest BCUT2D eigenvalue weighted by atomic mass is 79.9. The highest BCUT2D eigenvalue weighted by Gasteiger charge is 2.07. The third-order valence-electron chi connectivity index (χ3n) is 2.21. The summed E-state index contributed by atoms with van der Waals surface area (Å²) in [6.45, 7) is 0. The zero-order valence-corrected chi connectivity index (χ0v) is 11.0. The fourth-order valence-electron chi connectivity index (χ4n) is 1.36. The molecule has 2 aromatic rings. The topological polar surface area (TPSA) is 80.9 Å². The number of amides is 1. The SMILES string of the molecule is Nc1ccc(CC(=O)Nc2ncccc2Br)nc1. The number of nitrogens with two attached hydrogens (primary N) is 1. The number of anilines is 2. The summed E-state index contributed by atoms with van der Waals surface area (Å²) in [5.74, 6) is 0.324. The first-order chi connectivity index (χ1) is 8.65. The Bertz CT molecular complexity index is 556. The first kappa shape index (κ1) is 12.5. The van der Waals surface area contributed by atoms with Crippen molar-refractivity contribution in [3.8, 4) is 0 Å². The molecule has 1 amide bonds. The predicted molar refractivity (Wildman–Crippen MR) is 72.9 cm³/mol. The fourth-order valence-corrected chi connectivity index (χ4v) is 1.71. The third kappa shape index (κ3) is 3.27. The second kappa shape index (κ2) is 5.59. The first-order valence-corrected chi connectivity index (χ1v) is 6.05. The molecule has 0 aromatic carbocycles. The lowest BCUT2D eigenvalue weighted by Crippen LogP contribution is -2.16. The van der Waals surface area contributed by atoms with Gasteiger partial charge >= 0.3 is 0 Å². The lowest BCUT2D eigenvalue weighted by atomic mass is 10.2. The highest BCUT2D eigenvalue weighted by molar-refractivity contribution is 9.10. The molecule has 0 spiro atoms. The number of carbonyl (C=O) groups excluding carboxylic acids is 1. The number of carbonyl (C=O) groups is 1. The molecule has 18 heavy (non-hydrogen) atoms. The Labute approximate surface area is 113 Å². The minimum absolute atomic E-state index is 0.174. The van der Waals surface area contributed by atoms with Gasteiger partial charge in [0.15, 0.2) is 0 Å². The average Bonchev–Trinajstić information content (AvgIpc) is 2.35. The normalized spacial score (nSPS) is 10.1. The number of pyridine rings is 2. The molecular weight excluding hydrogens is 296 g/mol. The van der Waals surface area contributed by atoms with Gasteiger partial charge in [-0.05, 0) is 40.2 Å². The van der Waals surface area contributed by atoms with Crippen LogP contribution in [-0.2, 0) is 11.2 Å². The molecule has 0 unspecified atom stereocenters. The van der Waals surface area contributed by atoms with Crippen molar-refractivity contribution >= 4 is 33.3 Å². The Morgan fingerprint density at radius 3 is 2.83 bits per heavy atom. The Morgan fingerprint density at radius 1 is 1.33 bits per heavy atom. The van der Waals surface area contributed by atoms with E-state index in [0.717, 1.165) is 4.47 Å². The summed E-state index contributed by atoms with van der Waals surface area (Å²) >= 11 is 3.31. The first-order valence-electron chi connectivity index (χ1n) is 5.26. The summed E-state index contributed by atoms with van der Waals surface area (Å²) in [6, 6.07) is 7.03. The Balaban J connectivity index is 2.01. The van der Waals surface area contributed by atoms with Crippen LogP contribution in [0, 0.1) is 0 Å². The summed E-state index contributed by atoms with van der Waals surface area (Å²) in [5.41, 5.74) is 6.76. The molecule has 2 rings (SSSR count). The van der Waals surface area contributed by atoms with Crippen LogP contribution in [-0.4, -0.2) is 15.9 Å². The van der Waals surface area contributed by atoms with E-state index in [-0.39, 0.29) is 12.3 Å². The van der Waals surface area contributed by atoms with Crippen LogP contribution in [0.4, 0.5) is 11.5 Å². The summed E-state index contributed by atoms with van der Waals surface area (Å²) in [7, 11) is 0. The predicted octanol–water partition coefficient (Wildman–Crippen LogP) is 2.00. The van der Waals surface area contributed by atoms with Crippen molar-refractivity contribution in [3.63, 3.8) is 0 Å². The van der Waals surface area contributed by atoms with Crippen LogP contribution in [0.25, 0.3) is 0 Å². The second-order valence-electron chi connectivity index (χ2n) is 3.64. The van der Waals surface area contributed by atoms with Gasteiger partial charge in [-0.1, -0.05) is 0 Å². The molecule has 6 heteroatoms. The van der Waals surface area contributed by atoms with Gasteiger partial charge in [0.05, 0.1) is 22.8 Å². The molecule has 0 saturated heterocycles. The molecule has 0 aliphatic rings. The Hall–Kier alpha value is -1.95. The van der Waals surface area contributed by atoms with Crippen LogP contribution in [0.1, 0.15) is 5.69 Å². The highest BCUT2D eigenvalue weighted by Crippen LogP contribution is 2.18. The third-order valence-corrected chi connectivity index (χ3v) is 2.85. The Morgan fingerprint density at radius 2 is 2.17 bits per heavy atom. The second-order valence-corrected chi connectivity index (χ2v) is 4.50. The van der Waals surface area contributed by atoms with E-state index in [1.165, 1.54) is 6.20 Å². The van der Waals surface area contributed by atoms with Crippen LogP contribution in [0.3, 0.4) is 0 Å². The number of nitrogens with zero attached hydrogens (tertiary/aromatic N) is 2. The van der Waals surface area contributed by atoms with Gasteiger partial charge in [-0.25, -0.2) is 4.98 Å². The van der Waals surface area contributed by atoms with Gasteiger partial charge in [0.25, 0.3) is 0 Å². The summed E-state index contributed by atoms with van der Waals surface area (Å²) in [5, 5.41) is 2.71. The van der Waals surface area contributed by atoms with Crippen molar-refractivity contribution in [2.24, 2.45) is 0 Å². The van der Waals surface area contributed by atoms with Crippen LogP contribution in [0.15, 0.2) is 41.1 Å². The van der Waals surface area contributed by atoms with Crippen molar-refractivity contribution in [1.82, 2.24) is 9.97 Å². The van der Waals surface area contributed by atoms with E-state index in [1.807, 2.05) is 6.07 Å². The number of hydrogen-bond acceptors (Lipinski definition) is 4. The molecule has 5 nitrogen and oxygen atoms in total. The van der Waals surface area contributed by atoms with E-state index in [9.17, 15) is 4.79 Å². The molecule has 0 saturated carbocycles. The summed E-state index contributed by atoms with van der Waals surface area (Å²) in [4.78, 5) is 19.9. The van der Waals surface area contributed by atoms with Gasteiger partial charge in [-0.3, -0.25) is 9.78 Å². The lowest BCUT2D eigenvalue weighted by molar-refractivity contribution is -0.115. The van der Waals surface area contributed by atoms with Crippen LogP contribution >= 0.6 is 15.9 Å². The lowest BCUT2D eigenvalue weighted by Gasteiger charge is -2.05. The smallest absolute Gasteiger partial charge is 0.231 e. The number of hydrogen-bond donors (Lipinski definition) is 2. The zero-order chi connectivity index (χ0) is 13.0. The average molecular weight is 307 g/mol.